The quantitative estimate of drug-likeness (QED) is 0.647. The molecule has 0 aliphatic rings. The highest BCUT2D eigenvalue weighted by molar-refractivity contribution is 5.75. The van der Waals surface area contributed by atoms with Gasteiger partial charge in [0.1, 0.15) is 5.78 Å². The third-order valence-electron chi connectivity index (χ3n) is 2.01. The second-order valence-electron chi connectivity index (χ2n) is 3.41. The molecule has 0 unspecified atom stereocenters. The van der Waals surface area contributed by atoms with Gasteiger partial charge in [0.2, 0.25) is 0 Å². The van der Waals surface area contributed by atoms with Crippen LogP contribution in [-0.2, 0) is 4.79 Å². The van der Waals surface area contributed by atoms with E-state index in [1.807, 2.05) is 18.2 Å². The Bertz CT molecular complexity index is 298. The fourth-order valence-corrected chi connectivity index (χ4v) is 1.25. The van der Waals surface area contributed by atoms with Gasteiger partial charge in [0.15, 0.2) is 0 Å². The SMILES string of the molecule is CC(=O)CCCC=Cc1ccccc1. The zero-order valence-electron chi connectivity index (χ0n) is 8.57. The maximum Gasteiger partial charge on any atom is 0.129 e. The molecule has 0 heterocycles. The highest BCUT2D eigenvalue weighted by Crippen LogP contribution is 2.04. The van der Waals surface area contributed by atoms with Gasteiger partial charge in [-0.1, -0.05) is 42.5 Å². The van der Waals surface area contributed by atoms with Gasteiger partial charge in [0.05, 0.1) is 0 Å². The number of Topliss-reactive ketones (excluding diaryl/α,β-unsaturated/α-hetero) is 1. The van der Waals surface area contributed by atoms with Crippen LogP contribution in [0.2, 0.25) is 0 Å². The second-order valence-corrected chi connectivity index (χ2v) is 3.41. The largest absolute Gasteiger partial charge is 0.300 e. The lowest BCUT2D eigenvalue weighted by atomic mass is 10.1. The second kappa shape index (κ2) is 6.14. The molecule has 0 aliphatic carbocycles. The molecule has 1 nitrogen and oxygen atoms in total. The van der Waals surface area contributed by atoms with E-state index in [9.17, 15) is 4.79 Å². The molecule has 1 aromatic carbocycles. The molecule has 0 saturated carbocycles. The van der Waals surface area contributed by atoms with E-state index in [-0.39, 0.29) is 5.78 Å². The van der Waals surface area contributed by atoms with E-state index < -0.39 is 0 Å². The van der Waals surface area contributed by atoms with Crippen LogP contribution >= 0.6 is 0 Å². The van der Waals surface area contributed by atoms with Crippen molar-refractivity contribution in [3.8, 4) is 0 Å². The van der Waals surface area contributed by atoms with Crippen molar-refractivity contribution in [3.05, 3.63) is 42.0 Å². The first-order valence-corrected chi connectivity index (χ1v) is 5.00. The summed E-state index contributed by atoms with van der Waals surface area (Å²) in [6.45, 7) is 1.64. The van der Waals surface area contributed by atoms with Crippen LogP contribution in [0, 0.1) is 0 Å². The molecule has 0 aromatic heterocycles. The molecule has 0 aliphatic heterocycles. The predicted octanol–water partition coefficient (Wildman–Crippen LogP) is 3.46. The minimum atomic E-state index is 0.276. The molecular weight excluding hydrogens is 172 g/mol. The zero-order valence-corrected chi connectivity index (χ0v) is 8.57. The lowest BCUT2D eigenvalue weighted by Crippen LogP contribution is -1.87. The Morgan fingerprint density at radius 1 is 1.29 bits per heavy atom. The van der Waals surface area contributed by atoms with Crippen LogP contribution in [0.5, 0.6) is 0 Å². The predicted molar refractivity (Wildman–Crippen MR) is 60.0 cm³/mol. The number of ketones is 1. The van der Waals surface area contributed by atoms with Gasteiger partial charge in [-0.05, 0) is 25.3 Å². The Balaban J connectivity index is 2.25. The molecule has 0 spiro atoms. The van der Waals surface area contributed by atoms with Crippen molar-refractivity contribution < 1.29 is 4.79 Å². The lowest BCUT2D eigenvalue weighted by molar-refractivity contribution is -0.117. The number of carbonyl (C=O) groups is 1. The summed E-state index contributed by atoms with van der Waals surface area (Å²) in [7, 11) is 0. The van der Waals surface area contributed by atoms with Crippen molar-refractivity contribution in [1.82, 2.24) is 0 Å². The smallest absolute Gasteiger partial charge is 0.129 e. The monoisotopic (exact) mass is 188 g/mol. The Morgan fingerprint density at radius 2 is 2.00 bits per heavy atom. The van der Waals surface area contributed by atoms with Crippen LogP contribution in [0.25, 0.3) is 6.08 Å². The molecule has 0 atom stereocenters. The van der Waals surface area contributed by atoms with E-state index in [2.05, 4.69) is 24.3 Å². The molecule has 0 bridgehead atoms. The molecule has 0 amide bonds. The van der Waals surface area contributed by atoms with E-state index in [4.69, 9.17) is 0 Å². The van der Waals surface area contributed by atoms with Crippen LogP contribution < -0.4 is 0 Å². The van der Waals surface area contributed by atoms with Gasteiger partial charge in [0.25, 0.3) is 0 Å². The fraction of sp³-hybridized carbons (Fsp3) is 0.308. The van der Waals surface area contributed by atoms with Gasteiger partial charge in [-0.2, -0.15) is 0 Å². The number of unbranched alkanes of at least 4 members (excludes halogenated alkanes) is 1. The summed E-state index contributed by atoms with van der Waals surface area (Å²) in [5.41, 5.74) is 1.22. The normalized spacial score (nSPS) is 10.6. The summed E-state index contributed by atoms with van der Waals surface area (Å²) < 4.78 is 0. The van der Waals surface area contributed by atoms with E-state index in [1.54, 1.807) is 6.92 Å². The van der Waals surface area contributed by atoms with Gasteiger partial charge in [-0.25, -0.2) is 0 Å². The van der Waals surface area contributed by atoms with Gasteiger partial charge >= 0.3 is 0 Å². The molecule has 1 heteroatoms. The summed E-state index contributed by atoms with van der Waals surface area (Å²) in [6.07, 6.45) is 6.85. The molecule has 0 saturated heterocycles. The van der Waals surface area contributed by atoms with Crippen molar-refractivity contribution in [2.75, 3.05) is 0 Å². The highest BCUT2D eigenvalue weighted by atomic mass is 16.1. The van der Waals surface area contributed by atoms with Crippen molar-refractivity contribution in [2.45, 2.75) is 26.2 Å². The third-order valence-corrected chi connectivity index (χ3v) is 2.01. The van der Waals surface area contributed by atoms with Gasteiger partial charge in [0, 0.05) is 6.42 Å². The average molecular weight is 188 g/mol. The molecule has 0 fully saturated rings. The third kappa shape index (κ3) is 4.61. The first-order chi connectivity index (χ1) is 6.79. The van der Waals surface area contributed by atoms with Crippen LogP contribution in [0.1, 0.15) is 31.7 Å². The average Bonchev–Trinajstić information content (AvgIpc) is 2.18. The number of carbonyl (C=O) groups excluding carboxylic acids is 1. The molecule has 14 heavy (non-hydrogen) atoms. The summed E-state index contributed by atoms with van der Waals surface area (Å²) in [6, 6.07) is 10.2. The maximum atomic E-state index is 10.7. The lowest BCUT2D eigenvalue weighted by Gasteiger charge is -1.92. The minimum Gasteiger partial charge on any atom is -0.300 e. The summed E-state index contributed by atoms with van der Waals surface area (Å²) in [4.78, 5) is 10.7. The Labute approximate surface area is 85.5 Å². The van der Waals surface area contributed by atoms with Crippen LogP contribution in [0.15, 0.2) is 36.4 Å². The molecule has 1 rings (SSSR count). The number of benzene rings is 1. The van der Waals surface area contributed by atoms with E-state index in [0.29, 0.717) is 6.42 Å². The van der Waals surface area contributed by atoms with E-state index in [1.165, 1.54) is 5.56 Å². The fourth-order valence-electron chi connectivity index (χ4n) is 1.25. The van der Waals surface area contributed by atoms with Gasteiger partial charge in [-0.3, -0.25) is 0 Å². The van der Waals surface area contributed by atoms with Crippen LogP contribution in [0.3, 0.4) is 0 Å². The molecule has 0 N–H and O–H groups in total. The standard InChI is InChI=1S/C13H16O/c1-12(14)8-4-2-5-9-13-10-6-3-7-11-13/h3,5-7,9-11H,2,4,8H2,1H3. The van der Waals surface area contributed by atoms with Crippen molar-refractivity contribution in [1.29, 1.82) is 0 Å². The Morgan fingerprint density at radius 3 is 2.64 bits per heavy atom. The summed E-state index contributed by atoms with van der Waals surface area (Å²) in [5, 5.41) is 0. The first kappa shape index (κ1) is 10.7. The van der Waals surface area contributed by atoms with E-state index >= 15 is 0 Å². The van der Waals surface area contributed by atoms with Crippen LogP contribution in [-0.4, -0.2) is 5.78 Å². The summed E-state index contributed by atoms with van der Waals surface area (Å²) >= 11 is 0. The van der Waals surface area contributed by atoms with Gasteiger partial charge < -0.3 is 4.79 Å². The maximum absolute atomic E-state index is 10.7. The highest BCUT2D eigenvalue weighted by Gasteiger charge is 1.90. The van der Waals surface area contributed by atoms with Crippen molar-refractivity contribution in [3.63, 3.8) is 0 Å². The Hall–Kier alpha value is -1.37. The topological polar surface area (TPSA) is 17.1 Å². The number of allylic oxidation sites excluding steroid dienone is 1. The van der Waals surface area contributed by atoms with Gasteiger partial charge in [-0.15, -0.1) is 0 Å². The number of rotatable bonds is 5. The molecule has 74 valence electrons. The Kier molecular flexibility index (Phi) is 4.70. The molecule has 0 radical (unpaired) electrons. The zero-order chi connectivity index (χ0) is 10.2. The molecular formula is C13H16O. The minimum absolute atomic E-state index is 0.276. The summed E-state index contributed by atoms with van der Waals surface area (Å²) in [5.74, 6) is 0.276. The molecule has 1 aromatic rings. The number of hydrogen-bond acceptors (Lipinski definition) is 1. The van der Waals surface area contributed by atoms with Crippen molar-refractivity contribution >= 4 is 11.9 Å². The first-order valence-electron chi connectivity index (χ1n) is 5.00. The van der Waals surface area contributed by atoms with E-state index in [0.717, 1.165) is 12.8 Å². The van der Waals surface area contributed by atoms with Crippen LogP contribution in [0.4, 0.5) is 0 Å². The van der Waals surface area contributed by atoms with Crippen molar-refractivity contribution in [2.24, 2.45) is 0 Å². The number of hydrogen-bond donors (Lipinski definition) is 0.